The number of alkyl halides is 3. The van der Waals surface area contributed by atoms with Crippen LogP contribution in [0.15, 0.2) is 28.6 Å². The van der Waals surface area contributed by atoms with Crippen molar-refractivity contribution in [3.8, 4) is 5.75 Å². The molecule has 0 saturated heterocycles. The van der Waals surface area contributed by atoms with Gasteiger partial charge in [-0.05, 0) is 24.6 Å². The average Bonchev–Trinajstić information content (AvgIpc) is 3.09. The van der Waals surface area contributed by atoms with Gasteiger partial charge >= 0.3 is 6.18 Å². The van der Waals surface area contributed by atoms with E-state index in [4.69, 9.17) is 4.74 Å². The smallest absolute Gasteiger partial charge is 0.434 e. The highest BCUT2D eigenvalue weighted by Crippen LogP contribution is 2.30. The van der Waals surface area contributed by atoms with Crippen LogP contribution in [-0.2, 0) is 19.1 Å². The molecule has 2 aromatic rings. The molecule has 2 N–H and O–H groups in total. The maximum atomic E-state index is 13.8. The quantitative estimate of drug-likeness (QED) is 0.421. The summed E-state index contributed by atoms with van der Waals surface area (Å²) < 4.78 is 56.6. The van der Waals surface area contributed by atoms with Crippen LogP contribution in [0.5, 0.6) is 5.75 Å². The number of nitrogens with one attached hydrogen (secondary N) is 2. The lowest BCUT2D eigenvalue weighted by atomic mass is 10.2. The van der Waals surface area contributed by atoms with Crippen molar-refractivity contribution in [3.05, 3.63) is 45.7 Å². The summed E-state index contributed by atoms with van der Waals surface area (Å²) in [6.07, 6.45) is -4.09. The lowest BCUT2D eigenvalue weighted by Crippen LogP contribution is -2.37. The molecule has 0 fully saturated rings. The molecule has 10 heteroatoms. The molecule has 0 amide bonds. The van der Waals surface area contributed by atoms with E-state index >= 15 is 0 Å². The number of aliphatic imine (C=N–C) groups is 1. The van der Waals surface area contributed by atoms with E-state index in [2.05, 4.69) is 20.6 Å². The lowest BCUT2D eigenvalue weighted by molar-refractivity contribution is -0.140. The normalized spacial score (nSPS) is 12.1. The molecule has 148 valence electrons. The Labute approximate surface area is 158 Å². The van der Waals surface area contributed by atoms with Crippen LogP contribution in [0.3, 0.4) is 0 Å². The van der Waals surface area contributed by atoms with Gasteiger partial charge in [0.15, 0.2) is 23.2 Å². The Morgan fingerprint density at radius 1 is 1.30 bits per heavy atom. The number of guanidine groups is 1. The number of hydrogen-bond acceptors (Lipinski definition) is 4. The van der Waals surface area contributed by atoms with E-state index < -0.39 is 17.7 Å². The van der Waals surface area contributed by atoms with Crippen LogP contribution < -0.4 is 15.4 Å². The highest BCUT2D eigenvalue weighted by atomic mass is 32.1. The first-order valence-electron chi connectivity index (χ1n) is 8.20. The fourth-order valence-corrected chi connectivity index (χ4v) is 2.98. The minimum atomic E-state index is -4.42. The molecule has 0 bridgehead atoms. The molecule has 1 aromatic carbocycles. The van der Waals surface area contributed by atoms with Gasteiger partial charge in [-0.2, -0.15) is 13.2 Å². The summed E-state index contributed by atoms with van der Waals surface area (Å²) >= 11 is 0.968. The number of nitrogens with zero attached hydrogens (tertiary/aromatic N) is 2. The molecule has 2 rings (SSSR count). The van der Waals surface area contributed by atoms with Crippen molar-refractivity contribution < 1.29 is 22.3 Å². The second kappa shape index (κ2) is 9.54. The van der Waals surface area contributed by atoms with Crippen molar-refractivity contribution in [1.82, 2.24) is 15.6 Å². The number of thiazole rings is 1. The van der Waals surface area contributed by atoms with Gasteiger partial charge < -0.3 is 15.4 Å². The maximum Gasteiger partial charge on any atom is 0.434 e. The molecule has 1 heterocycles. The molecule has 0 aliphatic heterocycles. The summed E-state index contributed by atoms with van der Waals surface area (Å²) in [5.74, 6) is 0.214. The Kier molecular flexibility index (Phi) is 7.40. The van der Waals surface area contributed by atoms with Crippen molar-refractivity contribution >= 4 is 17.3 Å². The van der Waals surface area contributed by atoms with Crippen LogP contribution in [0.2, 0.25) is 0 Å². The van der Waals surface area contributed by atoms with Gasteiger partial charge in [-0.1, -0.05) is 6.07 Å². The van der Waals surface area contributed by atoms with Gasteiger partial charge in [0.25, 0.3) is 0 Å². The van der Waals surface area contributed by atoms with E-state index in [-0.39, 0.29) is 5.75 Å². The summed E-state index contributed by atoms with van der Waals surface area (Å²) in [7, 11) is 1.57. The summed E-state index contributed by atoms with van der Waals surface area (Å²) in [5, 5.41) is 7.39. The van der Waals surface area contributed by atoms with Crippen LogP contribution in [0.25, 0.3) is 0 Å². The van der Waals surface area contributed by atoms with E-state index in [1.165, 1.54) is 6.07 Å². The summed E-state index contributed by atoms with van der Waals surface area (Å²) in [5.41, 5.74) is -0.170. The number of ether oxygens (including phenoxy) is 1. The van der Waals surface area contributed by atoms with Crippen molar-refractivity contribution in [2.24, 2.45) is 4.99 Å². The minimum Gasteiger partial charge on any atom is -0.491 e. The van der Waals surface area contributed by atoms with E-state index in [0.29, 0.717) is 42.6 Å². The first-order chi connectivity index (χ1) is 12.8. The molecule has 0 saturated carbocycles. The van der Waals surface area contributed by atoms with Gasteiger partial charge in [0.2, 0.25) is 0 Å². The third kappa shape index (κ3) is 6.38. The standard InChI is InChI=1S/C17H20F4N4OS/c1-3-26-13-5-4-11(8-12(13)18)9-24-16(22-2)23-7-6-15-25-14(10-27-15)17(19,20)21/h4-5,8,10H,3,6-7,9H2,1-2H3,(H2,22,23,24). The van der Waals surface area contributed by atoms with Crippen LogP contribution >= 0.6 is 11.3 Å². The third-order valence-corrected chi connectivity index (χ3v) is 4.36. The zero-order valence-corrected chi connectivity index (χ0v) is 15.7. The molecule has 0 aliphatic carbocycles. The Balaban J connectivity index is 1.81. The number of aromatic nitrogens is 1. The molecule has 0 aliphatic rings. The van der Waals surface area contributed by atoms with E-state index in [1.807, 2.05) is 0 Å². The van der Waals surface area contributed by atoms with Crippen molar-refractivity contribution in [1.29, 1.82) is 0 Å². The second-order valence-electron chi connectivity index (χ2n) is 5.42. The van der Waals surface area contributed by atoms with Gasteiger partial charge in [-0.15, -0.1) is 11.3 Å². The van der Waals surface area contributed by atoms with Gasteiger partial charge in [0.05, 0.1) is 11.6 Å². The molecule has 0 atom stereocenters. The Hall–Kier alpha value is -2.36. The van der Waals surface area contributed by atoms with Crippen molar-refractivity contribution in [3.63, 3.8) is 0 Å². The third-order valence-electron chi connectivity index (χ3n) is 3.45. The molecule has 0 radical (unpaired) electrons. The van der Waals surface area contributed by atoms with Crippen LogP contribution in [0.1, 0.15) is 23.2 Å². The number of benzene rings is 1. The largest absolute Gasteiger partial charge is 0.491 e. The fourth-order valence-electron chi connectivity index (χ4n) is 2.18. The first-order valence-corrected chi connectivity index (χ1v) is 9.08. The minimum absolute atomic E-state index is 0.199. The van der Waals surface area contributed by atoms with E-state index in [9.17, 15) is 17.6 Å². The predicted molar refractivity (Wildman–Crippen MR) is 96.6 cm³/mol. The summed E-state index contributed by atoms with van der Waals surface area (Å²) in [6, 6.07) is 4.68. The topological polar surface area (TPSA) is 58.5 Å². The van der Waals surface area contributed by atoms with Crippen molar-refractivity contribution in [2.75, 3.05) is 20.2 Å². The highest BCUT2D eigenvalue weighted by Gasteiger charge is 2.33. The molecule has 0 spiro atoms. The SMILES string of the molecule is CCOc1ccc(CNC(=NC)NCCc2nc(C(F)(F)F)cs2)cc1F. The maximum absolute atomic E-state index is 13.8. The summed E-state index contributed by atoms with van der Waals surface area (Å²) in [4.78, 5) is 7.60. The predicted octanol–water partition coefficient (Wildman–Crippen LogP) is 3.61. The molecule has 5 nitrogen and oxygen atoms in total. The van der Waals surface area contributed by atoms with Crippen LogP contribution in [0.4, 0.5) is 17.6 Å². The van der Waals surface area contributed by atoms with Gasteiger partial charge in [0.1, 0.15) is 0 Å². The first kappa shape index (κ1) is 20.9. The van der Waals surface area contributed by atoms with E-state index in [1.54, 1.807) is 26.1 Å². The van der Waals surface area contributed by atoms with E-state index in [0.717, 1.165) is 16.7 Å². The summed E-state index contributed by atoms with van der Waals surface area (Å²) in [6.45, 7) is 2.86. The average molecular weight is 404 g/mol. The monoisotopic (exact) mass is 404 g/mol. The lowest BCUT2D eigenvalue weighted by Gasteiger charge is -2.12. The zero-order valence-electron chi connectivity index (χ0n) is 14.9. The Morgan fingerprint density at radius 3 is 2.67 bits per heavy atom. The van der Waals surface area contributed by atoms with Gasteiger partial charge in [-0.3, -0.25) is 4.99 Å². The second-order valence-corrected chi connectivity index (χ2v) is 6.37. The Bertz CT molecular complexity index is 777. The number of halogens is 4. The number of rotatable bonds is 7. The molecule has 27 heavy (non-hydrogen) atoms. The van der Waals surface area contributed by atoms with Gasteiger partial charge in [-0.25, -0.2) is 9.37 Å². The highest BCUT2D eigenvalue weighted by molar-refractivity contribution is 7.09. The molecule has 0 unspecified atom stereocenters. The molecular formula is C17H20F4N4OS. The Morgan fingerprint density at radius 2 is 2.07 bits per heavy atom. The fraction of sp³-hybridized carbons (Fsp3) is 0.412. The zero-order chi connectivity index (χ0) is 19.9. The molecular weight excluding hydrogens is 384 g/mol. The molecule has 1 aromatic heterocycles. The van der Waals surface area contributed by atoms with Crippen LogP contribution in [0, 0.1) is 5.82 Å². The van der Waals surface area contributed by atoms with Crippen LogP contribution in [-0.4, -0.2) is 31.1 Å². The van der Waals surface area contributed by atoms with Crippen molar-refractivity contribution in [2.45, 2.75) is 26.1 Å². The van der Waals surface area contributed by atoms with Gasteiger partial charge in [0, 0.05) is 31.9 Å². The number of hydrogen-bond donors (Lipinski definition) is 2.